The summed E-state index contributed by atoms with van der Waals surface area (Å²) in [6.45, 7) is 4.42. The molecule has 32 heavy (non-hydrogen) atoms. The van der Waals surface area contributed by atoms with E-state index in [0.717, 1.165) is 37.3 Å². The third kappa shape index (κ3) is 6.24. The number of nitrogens with one attached hydrogen (secondary N) is 1. The van der Waals surface area contributed by atoms with Crippen molar-refractivity contribution >= 4 is 56.7 Å². The van der Waals surface area contributed by atoms with Gasteiger partial charge >= 0.3 is 0 Å². The molecule has 1 N–H and O–H groups in total. The van der Waals surface area contributed by atoms with Crippen LogP contribution in [0, 0.1) is 0 Å². The predicted molar refractivity (Wildman–Crippen MR) is 136 cm³/mol. The van der Waals surface area contributed by atoms with Gasteiger partial charge in [-0.05, 0) is 29.5 Å². The zero-order valence-corrected chi connectivity index (χ0v) is 21.3. The first kappa shape index (κ1) is 24.5. The number of fused-ring (bicyclic) bond motifs is 1. The number of carbonyl (C=O) groups excluding carboxylic acids is 1. The summed E-state index contributed by atoms with van der Waals surface area (Å²) in [5, 5.41) is 3.63. The van der Waals surface area contributed by atoms with E-state index in [1.807, 2.05) is 36.0 Å². The lowest BCUT2D eigenvalue weighted by Gasteiger charge is -2.15. The van der Waals surface area contributed by atoms with E-state index in [9.17, 15) is 4.79 Å². The first-order valence-corrected chi connectivity index (χ1v) is 13.0. The van der Waals surface area contributed by atoms with Crippen LogP contribution in [0.15, 0.2) is 34.7 Å². The Morgan fingerprint density at radius 1 is 1.06 bits per heavy atom. The number of methoxy groups -OCH3 is 3. The Balaban J connectivity index is 1.67. The molecule has 9 heteroatoms. The molecule has 0 atom stereocenters. The molecule has 0 saturated heterocycles. The second-order valence-electron chi connectivity index (χ2n) is 7.15. The van der Waals surface area contributed by atoms with Crippen molar-refractivity contribution in [2.75, 3.05) is 38.2 Å². The first-order chi connectivity index (χ1) is 15.4. The van der Waals surface area contributed by atoms with Crippen molar-refractivity contribution in [2.45, 2.75) is 29.9 Å². The molecule has 3 rings (SSSR count). The predicted octanol–water partition coefficient (Wildman–Crippen LogP) is 5.74. The van der Waals surface area contributed by atoms with E-state index in [2.05, 4.69) is 19.2 Å². The monoisotopic (exact) mass is 492 g/mol. The van der Waals surface area contributed by atoms with Crippen molar-refractivity contribution in [3.8, 4) is 17.2 Å². The number of nitrogens with zero attached hydrogens (tertiary/aromatic N) is 1. The zero-order chi connectivity index (χ0) is 23.1. The van der Waals surface area contributed by atoms with Crippen LogP contribution in [0.1, 0.15) is 19.4 Å². The number of hydrogen-bond acceptors (Lipinski definition) is 8. The van der Waals surface area contributed by atoms with Crippen LogP contribution in [0.25, 0.3) is 10.2 Å². The largest absolute Gasteiger partial charge is 0.493 e. The summed E-state index contributed by atoms with van der Waals surface area (Å²) in [5.41, 5.74) is 2.42. The molecule has 1 aromatic heterocycles. The van der Waals surface area contributed by atoms with Crippen molar-refractivity contribution in [3.05, 3.63) is 35.9 Å². The average Bonchev–Trinajstić information content (AvgIpc) is 3.18. The normalized spacial score (nSPS) is 11.1. The number of hydrogen-bond donors (Lipinski definition) is 1. The number of ether oxygens (including phenoxy) is 3. The van der Waals surface area contributed by atoms with Gasteiger partial charge in [0.15, 0.2) is 15.8 Å². The van der Waals surface area contributed by atoms with Crippen molar-refractivity contribution in [1.82, 2.24) is 4.98 Å². The molecule has 172 valence electrons. The van der Waals surface area contributed by atoms with Gasteiger partial charge in [-0.3, -0.25) is 4.79 Å². The lowest BCUT2D eigenvalue weighted by molar-refractivity contribution is -0.115. The van der Waals surface area contributed by atoms with Gasteiger partial charge in [-0.1, -0.05) is 31.7 Å². The molecule has 0 aliphatic carbocycles. The van der Waals surface area contributed by atoms with Gasteiger partial charge in [0.05, 0.1) is 38.0 Å². The third-order valence-electron chi connectivity index (χ3n) is 4.55. The van der Waals surface area contributed by atoms with Gasteiger partial charge in [0.1, 0.15) is 0 Å². The van der Waals surface area contributed by atoms with Crippen LogP contribution in [0.2, 0.25) is 0 Å². The molecule has 0 fully saturated rings. The van der Waals surface area contributed by atoms with Gasteiger partial charge in [-0.15, -0.1) is 11.3 Å². The van der Waals surface area contributed by atoms with Gasteiger partial charge in [0, 0.05) is 22.8 Å². The molecule has 1 heterocycles. The fourth-order valence-electron chi connectivity index (χ4n) is 3.14. The molecule has 0 spiro atoms. The molecular formula is C23H28N2O4S3. The van der Waals surface area contributed by atoms with Gasteiger partial charge in [-0.25, -0.2) is 4.98 Å². The van der Waals surface area contributed by atoms with Gasteiger partial charge in [0.2, 0.25) is 11.7 Å². The lowest BCUT2D eigenvalue weighted by Crippen LogP contribution is -2.15. The number of benzene rings is 2. The molecule has 1 amide bonds. The third-order valence-corrected chi connectivity index (χ3v) is 8.08. The fraction of sp³-hybridized carbons (Fsp3) is 0.391. The van der Waals surface area contributed by atoms with E-state index in [1.54, 1.807) is 50.5 Å². The van der Waals surface area contributed by atoms with E-state index < -0.39 is 0 Å². The highest BCUT2D eigenvalue weighted by atomic mass is 32.2. The summed E-state index contributed by atoms with van der Waals surface area (Å²) in [4.78, 5) is 17.4. The van der Waals surface area contributed by atoms with E-state index in [0.29, 0.717) is 22.5 Å². The Morgan fingerprint density at radius 3 is 2.53 bits per heavy atom. The summed E-state index contributed by atoms with van der Waals surface area (Å²) in [6, 6.07) is 9.39. The number of rotatable bonds is 11. The van der Waals surface area contributed by atoms with E-state index in [-0.39, 0.29) is 12.3 Å². The Labute approximate surface area is 201 Å². The quantitative estimate of drug-likeness (QED) is 0.270. The van der Waals surface area contributed by atoms with Crippen LogP contribution in [0.5, 0.6) is 17.2 Å². The standard InChI is InChI=1S/C23H28N2O4S3/c1-14(2)30-10-11-31-23-25-17-8-7-16(13-19(17)32-23)24-20(26)12-15-6-9-18(27-3)22(29-5)21(15)28-4/h6-9,13-14H,10-12H2,1-5H3,(H,24,26). The van der Waals surface area contributed by atoms with Crippen molar-refractivity contribution in [2.24, 2.45) is 0 Å². The second kappa shape index (κ2) is 11.7. The van der Waals surface area contributed by atoms with Crippen molar-refractivity contribution in [1.29, 1.82) is 0 Å². The lowest BCUT2D eigenvalue weighted by atomic mass is 10.1. The molecule has 6 nitrogen and oxygen atoms in total. The van der Waals surface area contributed by atoms with Crippen molar-refractivity contribution in [3.63, 3.8) is 0 Å². The Kier molecular flexibility index (Phi) is 8.95. The Hall–Kier alpha value is -2.10. The van der Waals surface area contributed by atoms with Crippen LogP contribution in [-0.2, 0) is 11.2 Å². The van der Waals surface area contributed by atoms with Crippen LogP contribution in [0.3, 0.4) is 0 Å². The smallest absolute Gasteiger partial charge is 0.228 e. The maximum atomic E-state index is 12.7. The number of amides is 1. The fourth-order valence-corrected chi connectivity index (χ4v) is 6.15. The molecule has 0 radical (unpaired) electrons. The number of thioether (sulfide) groups is 2. The molecule has 0 bridgehead atoms. The molecule has 2 aromatic carbocycles. The number of anilines is 1. The highest BCUT2D eigenvalue weighted by Gasteiger charge is 2.18. The highest BCUT2D eigenvalue weighted by Crippen LogP contribution is 2.40. The van der Waals surface area contributed by atoms with Gasteiger partial charge in [0.25, 0.3) is 0 Å². The van der Waals surface area contributed by atoms with E-state index >= 15 is 0 Å². The topological polar surface area (TPSA) is 69.7 Å². The molecule has 0 saturated carbocycles. The number of thiazole rings is 1. The van der Waals surface area contributed by atoms with Crippen molar-refractivity contribution < 1.29 is 19.0 Å². The summed E-state index contributed by atoms with van der Waals surface area (Å²) >= 11 is 5.40. The molecule has 3 aromatic rings. The Morgan fingerprint density at radius 2 is 1.84 bits per heavy atom. The minimum absolute atomic E-state index is 0.139. The van der Waals surface area contributed by atoms with Crippen LogP contribution in [0.4, 0.5) is 5.69 Å². The summed E-state index contributed by atoms with van der Waals surface area (Å²) in [6.07, 6.45) is 0.152. The minimum Gasteiger partial charge on any atom is -0.493 e. The molecule has 0 unspecified atom stereocenters. The average molecular weight is 493 g/mol. The van der Waals surface area contributed by atoms with Crippen LogP contribution < -0.4 is 19.5 Å². The maximum Gasteiger partial charge on any atom is 0.228 e. The number of carbonyl (C=O) groups is 1. The van der Waals surface area contributed by atoms with Gasteiger partial charge < -0.3 is 19.5 Å². The Bertz CT molecular complexity index is 1070. The highest BCUT2D eigenvalue weighted by molar-refractivity contribution is 8.04. The molecule has 0 aliphatic rings. The molecule has 0 aliphatic heterocycles. The first-order valence-electron chi connectivity index (χ1n) is 10.2. The number of aromatic nitrogens is 1. The van der Waals surface area contributed by atoms with E-state index in [4.69, 9.17) is 19.2 Å². The molecular weight excluding hydrogens is 464 g/mol. The van der Waals surface area contributed by atoms with Crippen LogP contribution in [-0.4, -0.2) is 49.0 Å². The summed E-state index contributed by atoms with van der Waals surface area (Å²) in [5.74, 6) is 3.54. The van der Waals surface area contributed by atoms with Gasteiger partial charge in [-0.2, -0.15) is 11.8 Å². The SMILES string of the molecule is COc1ccc(CC(=O)Nc2ccc3nc(SCCSC(C)C)sc3c2)c(OC)c1OC. The maximum absolute atomic E-state index is 12.7. The van der Waals surface area contributed by atoms with Crippen LogP contribution >= 0.6 is 34.9 Å². The summed E-state index contributed by atoms with van der Waals surface area (Å²) in [7, 11) is 4.66. The zero-order valence-electron chi connectivity index (χ0n) is 18.9. The second-order valence-corrected chi connectivity index (χ2v) is 11.2. The van der Waals surface area contributed by atoms with E-state index in [1.165, 1.54) is 0 Å². The minimum atomic E-state index is -0.139. The summed E-state index contributed by atoms with van der Waals surface area (Å²) < 4.78 is 18.3.